The molecular formula is C17H15ClN2O6. The number of para-hydroxylation sites is 2. The molecule has 0 saturated heterocycles. The summed E-state index contributed by atoms with van der Waals surface area (Å²) in [6.07, 6.45) is -1.16. The Kier molecular flexibility index (Phi) is 6.51. The van der Waals surface area contributed by atoms with Crippen LogP contribution >= 0.6 is 11.6 Å². The number of halogens is 1. The van der Waals surface area contributed by atoms with E-state index in [0.717, 1.165) is 0 Å². The van der Waals surface area contributed by atoms with Crippen LogP contribution in [0.25, 0.3) is 0 Å². The Hall–Kier alpha value is -3.13. The van der Waals surface area contributed by atoms with Crippen molar-refractivity contribution in [2.24, 2.45) is 0 Å². The molecule has 0 saturated carbocycles. The van der Waals surface area contributed by atoms with Crippen LogP contribution in [0, 0.1) is 10.1 Å². The molecule has 0 fully saturated rings. The predicted molar refractivity (Wildman–Crippen MR) is 94.2 cm³/mol. The maximum absolute atomic E-state index is 12.1. The van der Waals surface area contributed by atoms with Crippen molar-refractivity contribution in [3.8, 4) is 5.75 Å². The van der Waals surface area contributed by atoms with E-state index in [9.17, 15) is 19.7 Å². The Morgan fingerprint density at radius 2 is 1.85 bits per heavy atom. The first-order valence-corrected chi connectivity index (χ1v) is 7.86. The van der Waals surface area contributed by atoms with Crippen LogP contribution in [0.4, 0.5) is 11.4 Å². The second-order valence-corrected chi connectivity index (χ2v) is 5.57. The molecule has 1 N–H and O–H groups in total. The van der Waals surface area contributed by atoms with Gasteiger partial charge in [-0.2, -0.15) is 0 Å². The van der Waals surface area contributed by atoms with Crippen LogP contribution in [0.1, 0.15) is 6.92 Å². The van der Waals surface area contributed by atoms with Crippen molar-refractivity contribution in [3.05, 3.63) is 63.7 Å². The van der Waals surface area contributed by atoms with Gasteiger partial charge in [-0.1, -0.05) is 23.7 Å². The first-order valence-electron chi connectivity index (χ1n) is 7.49. The van der Waals surface area contributed by atoms with Crippen molar-refractivity contribution in [1.82, 2.24) is 0 Å². The highest BCUT2D eigenvalue weighted by atomic mass is 35.5. The Morgan fingerprint density at radius 3 is 2.50 bits per heavy atom. The number of ether oxygens (including phenoxy) is 2. The van der Waals surface area contributed by atoms with Gasteiger partial charge in [-0.05, 0) is 37.3 Å². The van der Waals surface area contributed by atoms with E-state index in [1.165, 1.54) is 25.1 Å². The van der Waals surface area contributed by atoms with Gasteiger partial charge in [0.25, 0.3) is 11.6 Å². The summed E-state index contributed by atoms with van der Waals surface area (Å²) in [5, 5.41) is 13.8. The first-order chi connectivity index (χ1) is 12.4. The van der Waals surface area contributed by atoms with Gasteiger partial charge in [-0.15, -0.1) is 0 Å². The van der Waals surface area contributed by atoms with E-state index >= 15 is 0 Å². The maximum atomic E-state index is 12.1. The van der Waals surface area contributed by atoms with Crippen LogP contribution in [-0.4, -0.2) is 29.5 Å². The molecule has 0 aliphatic heterocycles. The summed E-state index contributed by atoms with van der Waals surface area (Å²) < 4.78 is 10.2. The van der Waals surface area contributed by atoms with Gasteiger partial charge >= 0.3 is 5.97 Å². The Morgan fingerprint density at radius 1 is 1.19 bits per heavy atom. The number of nitro benzene ring substituents is 1. The number of benzene rings is 2. The fourth-order valence-electron chi connectivity index (χ4n) is 1.93. The number of carbonyl (C=O) groups excluding carboxylic acids is 2. The minimum absolute atomic E-state index is 0.0165. The summed E-state index contributed by atoms with van der Waals surface area (Å²) in [6, 6.07) is 12.0. The molecule has 0 unspecified atom stereocenters. The quantitative estimate of drug-likeness (QED) is 0.450. The second kappa shape index (κ2) is 8.82. The van der Waals surface area contributed by atoms with Crippen LogP contribution in [0.15, 0.2) is 48.5 Å². The molecule has 2 rings (SSSR count). The molecule has 2 aromatic carbocycles. The molecule has 0 aliphatic rings. The Balaban J connectivity index is 1.87. The van der Waals surface area contributed by atoms with Gasteiger partial charge in [0.15, 0.2) is 12.7 Å². The number of hydrogen-bond donors (Lipinski definition) is 1. The number of carbonyl (C=O) groups is 2. The minimum atomic E-state index is -1.16. The van der Waals surface area contributed by atoms with Gasteiger partial charge in [-0.3, -0.25) is 14.9 Å². The molecule has 9 heteroatoms. The molecule has 136 valence electrons. The molecule has 26 heavy (non-hydrogen) atoms. The molecule has 1 amide bonds. The normalized spacial score (nSPS) is 11.3. The number of anilines is 1. The molecular weight excluding hydrogens is 364 g/mol. The zero-order chi connectivity index (χ0) is 19.1. The van der Waals surface area contributed by atoms with Gasteiger partial charge < -0.3 is 14.8 Å². The lowest BCUT2D eigenvalue weighted by atomic mass is 10.2. The summed E-state index contributed by atoms with van der Waals surface area (Å²) in [5.41, 5.74) is -0.242. The topological polar surface area (TPSA) is 108 Å². The first kappa shape index (κ1) is 19.2. The number of nitrogens with zero attached hydrogens (tertiary/aromatic N) is 1. The van der Waals surface area contributed by atoms with Crippen LogP contribution < -0.4 is 10.1 Å². The molecule has 0 spiro atoms. The van der Waals surface area contributed by atoms with Crippen LogP contribution in [-0.2, 0) is 14.3 Å². The lowest BCUT2D eigenvalue weighted by molar-refractivity contribution is -0.383. The molecule has 0 aliphatic carbocycles. The average Bonchev–Trinajstić information content (AvgIpc) is 2.61. The number of amides is 1. The number of rotatable bonds is 7. The maximum Gasteiger partial charge on any atom is 0.344 e. The van der Waals surface area contributed by atoms with Crippen LogP contribution in [0.5, 0.6) is 5.75 Å². The van der Waals surface area contributed by atoms with Crippen molar-refractivity contribution in [2.45, 2.75) is 13.0 Å². The van der Waals surface area contributed by atoms with Crippen LogP contribution in [0.2, 0.25) is 5.02 Å². The highest BCUT2D eigenvalue weighted by Crippen LogP contribution is 2.23. The minimum Gasteiger partial charge on any atom is -0.482 e. The SMILES string of the molecule is C[C@@H](OC(=O)COc1ccc(Cl)cc1)C(=O)Nc1ccccc1[N+](=O)[O-]. The van der Waals surface area contributed by atoms with Gasteiger partial charge in [0, 0.05) is 11.1 Å². The third-order valence-electron chi connectivity index (χ3n) is 3.21. The summed E-state index contributed by atoms with van der Waals surface area (Å²) in [4.78, 5) is 34.1. The molecule has 0 heterocycles. The Labute approximate surface area is 153 Å². The summed E-state index contributed by atoms with van der Waals surface area (Å²) in [6.45, 7) is 0.953. The van der Waals surface area contributed by atoms with Gasteiger partial charge in [0.05, 0.1) is 4.92 Å². The zero-order valence-electron chi connectivity index (χ0n) is 13.7. The molecule has 0 bridgehead atoms. The van der Waals surface area contributed by atoms with E-state index in [2.05, 4.69) is 5.32 Å². The van der Waals surface area contributed by atoms with E-state index in [0.29, 0.717) is 10.8 Å². The van der Waals surface area contributed by atoms with Crippen molar-refractivity contribution < 1.29 is 24.0 Å². The fourth-order valence-corrected chi connectivity index (χ4v) is 2.06. The Bertz CT molecular complexity index is 809. The summed E-state index contributed by atoms with van der Waals surface area (Å²) >= 11 is 5.74. The molecule has 0 aromatic heterocycles. The number of esters is 1. The van der Waals surface area contributed by atoms with Gasteiger partial charge in [0.1, 0.15) is 11.4 Å². The lowest BCUT2D eigenvalue weighted by Gasteiger charge is -2.14. The largest absolute Gasteiger partial charge is 0.482 e. The van der Waals surface area contributed by atoms with E-state index in [1.807, 2.05) is 0 Å². The van der Waals surface area contributed by atoms with Crippen molar-refractivity contribution in [3.63, 3.8) is 0 Å². The third-order valence-corrected chi connectivity index (χ3v) is 3.46. The van der Waals surface area contributed by atoms with Gasteiger partial charge in [-0.25, -0.2) is 4.79 Å². The van der Waals surface area contributed by atoms with E-state index < -0.39 is 29.5 Å². The second-order valence-electron chi connectivity index (χ2n) is 5.14. The summed E-state index contributed by atoms with van der Waals surface area (Å²) in [7, 11) is 0. The number of nitro groups is 1. The van der Waals surface area contributed by atoms with Gasteiger partial charge in [0.2, 0.25) is 0 Å². The van der Waals surface area contributed by atoms with Crippen molar-refractivity contribution in [2.75, 3.05) is 11.9 Å². The molecule has 8 nitrogen and oxygen atoms in total. The monoisotopic (exact) mass is 378 g/mol. The third kappa shape index (κ3) is 5.45. The standard InChI is InChI=1S/C17H15ClN2O6/c1-11(17(22)19-14-4-2-3-5-15(14)20(23)24)26-16(21)10-25-13-8-6-12(18)7-9-13/h2-9,11H,10H2,1H3,(H,19,22)/t11-/m1/s1. The highest BCUT2D eigenvalue weighted by molar-refractivity contribution is 6.30. The number of nitrogens with one attached hydrogen (secondary N) is 1. The fraction of sp³-hybridized carbons (Fsp3) is 0.176. The van der Waals surface area contributed by atoms with E-state index in [-0.39, 0.29) is 11.4 Å². The smallest absolute Gasteiger partial charge is 0.344 e. The molecule has 0 radical (unpaired) electrons. The summed E-state index contributed by atoms with van der Waals surface area (Å²) in [5.74, 6) is -1.03. The van der Waals surface area contributed by atoms with Crippen LogP contribution in [0.3, 0.4) is 0 Å². The highest BCUT2D eigenvalue weighted by Gasteiger charge is 2.21. The predicted octanol–water partition coefficient (Wildman–Crippen LogP) is 3.20. The lowest BCUT2D eigenvalue weighted by Crippen LogP contribution is -2.31. The number of hydrogen-bond acceptors (Lipinski definition) is 6. The van der Waals surface area contributed by atoms with Crippen molar-refractivity contribution >= 4 is 34.9 Å². The van der Waals surface area contributed by atoms with E-state index in [1.54, 1.807) is 30.3 Å². The molecule has 2 aromatic rings. The molecule has 1 atom stereocenters. The average molecular weight is 379 g/mol. The van der Waals surface area contributed by atoms with Crippen molar-refractivity contribution in [1.29, 1.82) is 0 Å². The zero-order valence-corrected chi connectivity index (χ0v) is 14.4. The van der Waals surface area contributed by atoms with E-state index in [4.69, 9.17) is 21.1 Å².